The standard InChI is InChI=1S/C13H19F3N4O2S2/c1-17-12(18-9-11-3-2-8-23-11)19-10-4-6-20(7-5-10)24(21,22)13(14,15)16/h2-3,8,10H,4-7,9H2,1H3,(H2,17,18,19). The average molecular weight is 384 g/mol. The van der Waals surface area contributed by atoms with Gasteiger partial charge in [0, 0.05) is 31.1 Å². The molecule has 11 heteroatoms. The fourth-order valence-electron chi connectivity index (χ4n) is 2.36. The topological polar surface area (TPSA) is 73.8 Å². The minimum absolute atomic E-state index is 0.126. The van der Waals surface area contributed by atoms with Crippen molar-refractivity contribution in [1.82, 2.24) is 14.9 Å². The number of nitrogens with one attached hydrogen (secondary N) is 2. The van der Waals surface area contributed by atoms with Crippen LogP contribution >= 0.6 is 11.3 Å². The molecule has 2 heterocycles. The molecule has 2 rings (SSSR count). The van der Waals surface area contributed by atoms with Gasteiger partial charge in [0.05, 0.1) is 6.54 Å². The molecule has 2 N–H and O–H groups in total. The number of aliphatic imine (C=N–C) groups is 1. The highest BCUT2D eigenvalue weighted by atomic mass is 32.2. The summed E-state index contributed by atoms with van der Waals surface area (Å²) in [6.07, 6.45) is 0.573. The van der Waals surface area contributed by atoms with Gasteiger partial charge in [-0.25, -0.2) is 8.42 Å². The molecule has 0 aromatic carbocycles. The zero-order valence-corrected chi connectivity index (χ0v) is 14.6. The molecule has 0 radical (unpaired) electrons. The van der Waals surface area contributed by atoms with Crippen LogP contribution in [-0.2, 0) is 16.6 Å². The summed E-state index contributed by atoms with van der Waals surface area (Å²) in [5, 5.41) is 8.20. The lowest BCUT2D eigenvalue weighted by Crippen LogP contribution is -2.51. The van der Waals surface area contributed by atoms with E-state index in [9.17, 15) is 21.6 Å². The quantitative estimate of drug-likeness (QED) is 0.613. The predicted octanol–water partition coefficient (Wildman–Crippen LogP) is 1.73. The molecule has 0 unspecified atom stereocenters. The first kappa shape index (κ1) is 19.0. The van der Waals surface area contributed by atoms with Gasteiger partial charge in [-0.3, -0.25) is 4.99 Å². The van der Waals surface area contributed by atoms with Crippen LogP contribution in [0.5, 0.6) is 0 Å². The van der Waals surface area contributed by atoms with Crippen LogP contribution < -0.4 is 10.6 Å². The highest BCUT2D eigenvalue weighted by molar-refractivity contribution is 7.90. The van der Waals surface area contributed by atoms with Crippen LogP contribution in [0, 0.1) is 0 Å². The van der Waals surface area contributed by atoms with Crippen molar-refractivity contribution in [3.8, 4) is 0 Å². The van der Waals surface area contributed by atoms with E-state index in [0.29, 0.717) is 16.8 Å². The summed E-state index contributed by atoms with van der Waals surface area (Å²) in [4.78, 5) is 5.20. The lowest BCUT2D eigenvalue weighted by molar-refractivity contribution is -0.0494. The van der Waals surface area contributed by atoms with Gasteiger partial charge in [0.2, 0.25) is 0 Å². The van der Waals surface area contributed by atoms with Gasteiger partial charge in [0.15, 0.2) is 5.96 Å². The Morgan fingerprint density at radius 3 is 2.58 bits per heavy atom. The SMILES string of the molecule is CN=C(NCc1cccs1)NC1CCN(S(=O)(=O)C(F)(F)F)CC1. The van der Waals surface area contributed by atoms with E-state index in [1.54, 1.807) is 18.4 Å². The zero-order valence-electron chi connectivity index (χ0n) is 13.0. The van der Waals surface area contributed by atoms with Gasteiger partial charge >= 0.3 is 15.5 Å². The molecule has 1 fully saturated rings. The lowest BCUT2D eigenvalue weighted by Gasteiger charge is -2.32. The first-order valence-corrected chi connectivity index (χ1v) is 9.62. The largest absolute Gasteiger partial charge is 0.511 e. The molecule has 1 aromatic heterocycles. The molecule has 1 aliphatic heterocycles. The van der Waals surface area contributed by atoms with Crippen molar-refractivity contribution >= 4 is 27.3 Å². The number of rotatable bonds is 4. The number of piperidine rings is 1. The van der Waals surface area contributed by atoms with Crippen molar-refractivity contribution < 1.29 is 21.6 Å². The van der Waals surface area contributed by atoms with E-state index in [2.05, 4.69) is 15.6 Å². The van der Waals surface area contributed by atoms with Crippen LogP contribution in [-0.4, -0.2) is 50.4 Å². The van der Waals surface area contributed by atoms with Crippen LogP contribution in [0.25, 0.3) is 0 Å². The van der Waals surface area contributed by atoms with Crippen LogP contribution in [0.2, 0.25) is 0 Å². The van der Waals surface area contributed by atoms with Crippen molar-refractivity contribution in [2.75, 3.05) is 20.1 Å². The molecule has 0 bridgehead atoms. The molecule has 136 valence electrons. The summed E-state index contributed by atoms with van der Waals surface area (Å²) in [5.74, 6) is 0.542. The van der Waals surface area contributed by atoms with Gasteiger partial charge in [-0.1, -0.05) is 6.07 Å². The maximum Gasteiger partial charge on any atom is 0.511 e. The van der Waals surface area contributed by atoms with Gasteiger partial charge in [-0.15, -0.1) is 11.3 Å². The van der Waals surface area contributed by atoms with E-state index in [-0.39, 0.29) is 32.0 Å². The summed E-state index contributed by atoms with van der Waals surface area (Å²) < 4.78 is 60.9. The van der Waals surface area contributed by atoms with Gasteiger partial charge in [-0.2, -0.15) is 17.5 Å². The number of halogens is 3. The van der Waals surface area contributed by atoms with E-state index in [1.807, 2.05) is 17.5 Å². The van der Waals surface area contributed by atoms with Crippen molar-refractivity contribution in [2.24, 2.45) is 4.99 Å². The van der Waals surface area contributed by atoms with E-state index in [0.717, 1.165) is 4.88 Å². The maximum absolute atomic E-state index is 12.5. The third-order valence-electron chi connectivity index (χ3n) is 3.66. The van der Waals surface area contributed by atoms with Crippen LogP contribution in [0.3, 0.4) is 0 Å². The second-order valence-corrected chi connectivity index (χ2v) is 8.24. The Hall–Kier alpha value is -1.33. The number of hydrogen-bond acceptors (Lipinski definition) is 4. The first-order valence-electron chi connectivity index (χ1n) is 7.30. The Morgan fingerprint density at radius 1 is 1.42 bits per heavy atom. The van der Waals surface area contributed by atoms with Crippen molar-refractivity contribution in [2.45, 2.75) is 30.9 Å². The Balaban J connectivity index is 1.83. The zero-order chi connectivity index (χ0) is 17.8. The highest BCUT2D eigenvalue weighted by Gasteiger charge is 2.50. The normalized spacial score (nSPS) is 18.6. The Labute approximate surface area is 142 Å². The molecule has 1 aliphatic rings. The minimum atomic E-state index is -5.24. The summed E-state index contributed by atoms with van der Waals surface area (Å²) in [6, 6.07) is 3.79. The molecule has 24 heavy (non-hydrogen) atoms. The number of alkyl halides is 3. The molecular formula is C13H19F3N4O2S2. The monoisotopic (exact) mass is 384 g/mol. The van der Waals surface area contributed by atoms with Gasteiger partial charge in [-0.05, 0) is 24.3 Å². The fourth-order valence-corrected chi connectivity index (χ4v) is 3.99. The average Bonchev–Trinajstić information content (AvgIpc) is 3.04. The first-order chi connectivity index (χ1) is 11.2. The summed E-state index contributed by atoms with van der Waals surface area (Å²) in [6.45, 7) is 0.265. The van der Waals surface area contributed by atoms with Crippen LogP contribution in [0.15, 0.2) is 22.5 Å². The molecule has 0 atom stereocenters. The minimum Gasteiger partial charge on any atom is -0.354 e. The second-order valence-electron chi connectivity index (χ2n) is 5.27. The number of hydrogen-bond donors (Lipinski definition) is 2. The Kier molecular flexibility index (Phi) is 6.10. The number of thiophene rings is 1. The van der Waals surface area contributed by atoms with Crippen molar-refractivity contribution in [1.29, 1.82) is 0 Å². The van der Waals surface area contributed by atoms with Crippen molar-refractivity contribution in [3.05, 3.63) is 22.4 Å². The smallest absolute Gasteiger partial charge is 0.354 e. The van der Waals surface area contributed by atoms with Gasteiger partial charge in [0.1, 0.15) is 0 Å². The van der Waals surface area contributed by atoms with Crippen molar-refractivity contribution in [3.63, 3.8) is 0 Å². The highest BCUT2D eigenvalue weighted by Crippen LogP contribution is 2.28. The second kappa shape index (κ2) is 7.70. The molecule has 0 amide bonds. The van der Waals surface area contributed by atoms with Gasteiger partial charge in [0.25, 0.3) is 0 Å². The maximum atomic E-state index is 12.5. The van der Waals surface area contributed by atoms with Gasteiger partial charge < -0.3 is 10.6 Å². The molecule has 1 saturated heterocycles. The Bertz CT molecular complexity index is 651. The summed E-state index contributed by atoms with van der Waals surface area (Å²) >= 11 is 1.60. The number of sulfonamides is 1. The lowest BCUT2D eigenvalue weighted by atomic mass is 10.1. The molecule has 0 aliphatic carbocycles. The van der Waals surface area contributed by atoms with Crippen LogP contribution in [0.1, 0.15) is 17.7 Å². The third-order valence-corrected chi connectivity index (χ3v) is 6.17. The Morgan fingerprint density at radius 2 is 2.08 bits per heavy atom. The van der Waals surface area contributed by atoms with E-state index < -0.39 is 15.5 Å². The summed E-state index contributed by atoms with van der Waals surface area (Å²) in [7, 11) is -3.63. The number of guanidine groups is 1. The summed E-state index contributed by atoms with van der Waals surface area (Å²) in [5.41, 5.74) is -5.24. The molecular weight excluding hydrogens is 365 g/mol. The van der Waals surface area contributed by atoms with E-state index >= 15 is 0 Å². The molecule has 0 saturated carbocycles. The van der Waals surface area contributed by atoms with Crippen LogP contribution in [0.4, 0.5) is 13.2 Å². The molecule has 0 spiro atoms. The predicted molar refractivity (Wildman–Crippen MR) is 87.2 cm³/mol. The number of nitrogens with zero attached hydrogens (tertiary/aromatic N) is 2. The molecule has 6 nitrogen and oxygen atoms in total. The van der Waals surface area contributed by atoms with E-state index in [4.69, 9.17) is 0 Å². The molecule has 1 aromatic rings. The van der Waals surface area contributed by atoms with E-state index in [1.165, 1.54) is 0 Å². The third kappa shape index (κ3) is 4.61. The fraction of sp³-hybridized carbons (Fsp3) is 0.615.